The molecule has 0 unspecified atom stereocenters. The summed E-state index contributed by atoms with van der Waals surface area (Å²) in [7, 11) is 0. The molecule has 13 heavy (non-hydrogen) atoms. The van der Waals surface area contributed by atoms with E-state index >= 15 is 0 Å². The summed E-state index contributed by atoms with van der Waals surface area (Å²) in [4.78, 5) is 3.94. The molecule has 0 aliphatic rings. The van der Waals surface area contributed by atoms with Gasteiger partial charge in [0.25, 0.3) is 0 Å². The lowest BCUT2D eigenvalue weighted by molar-refractivity contribution is 1.29. The summed E-state index contributed by atoms with van der Waals surface area (Å²) in [6, 6.07) is 9.27. The quantitative estimate of drug-likeness (QED) is 0.638. The van der Waals surface area contributed by atoms with E-state index in [0.29, 0.717) is 10.7 Å². The molecule has 2 nitrogen and oxygen atoms in total. The van der Waals surface area contributed by atoms with Crippen LogP contribution in [0.15, 0.2) is 30.5 Å². The van der Waals surface area contributed by atoms with Crippen LogP contribution in [-0.4, -0.2) is 4.98 Å². The Labute approximate surface area is 80.4 Å². The fraction of sp³-hybridized carbons (Fsp3) is 0. The summed E-state index contributed by atoms with van der Waals surface area (Å²) in [5.41, 5.74) is 0.412. The molecule has 1 aromatic carbocycles. The highest BCUT2D eigenvalue weighted by molar-refractivity contribution is 6.35. The zero-order chi connectivity index (χ0) is 9.26. The third kappa shape index (κ3) is 1.34. The minimum absolute atomic E-state index is 0.412. The van der Waals surface area contributed by atoms with Gasteiger partial charge in [0, 0.05) is 16.6 Å². The van der Waals surface area contributed by atoms with Crippen LogP contribution < -0.4 is 0 Å². The summed E-state index contributed by atoms with van der Waals surface area (Å²) >= 11 is 5.93. The van der Waals surface area contributed by atoms with E-state index in [1.54, 1.807) is 18.3 Å². The predicted molar refractivity (Wildman–Crippen MR) is 51.5 cm³/mol. The van der Waals surface area contributed by atoms with Crippen LogP contribution in [0.4, 0.5) is 0 Å². The molecule has 1 aromatic heterocycles. The Balaban J connectivity index is 2.82. The molecule has 0 aliphatic heterocycles. The summed E-state index contributed by atoms with van der Waals surface area (Å²) in [6.45, 7) is 0. The van der Waals surface area contributed by atoms with E-state index in [9.17, 15) is 0 Å². The van der Waals surface area contributed by atoms with Gasteiger partial charge < -0.3 is 0 Å². The number of hydrogen-bond acceptors (Lipinski definition) is 2. The first-order valence-electron chi connectivity index (χ1n) is 3.75. The van der Waals surface area contributed by atoms with Gasteiger partial charge in [-0.3, -0.25) is 0 Å². The minimum atomic E-state index is 0.412. The lowest BCUT2D eigenvalue weighted by Gasteiger charge is -1.98. The van der Waals surface area contributed by atoms with Gasteiger partial charge in [0.05, 0.1) is 0 Å². The van der Waals surface area contributed by atoms with Gasteiger partial charge in [-0.15, -0.1) is 0 Å². The molecule has 0 saturated heterocycles. The topological polar surface area (TPSA) is 36.7 Å². The molecular weight excluding hydrogens is 184 g/mol. The smallest absolute Gasteiger partial charge is 0.141 e. The van der Waals surface area contributed by atoms with Crippen molar-refractivity contribution in [2.75, 3.05) is 0 Å². The number of benzene rings is 1. The van der Waals surface area contributed by atoms with Crippen LogP contribution in [0.5, 0.6) is 0 Å². The van der Waals surface area contributed by atoms with E-state index in [1.807, 2.05) is 18.2 Å². The second-order valence-corrected chi connectivity index (χ2v) is 3.05. The van der Waals surface area contributed by atoms with Crippen LogP contribution >= 0.6 is 11.6 Å². The molecule has 0 amide bonds. The van der Waals surface area contributed by atoms with Crippen LogP contribution in [0.3, 0.4) is 0 Å². The summed E-state index contributed by atoms with van der Waals surface area (Å²) in [5.74, 6) is 0. The molecule has 0 spiro atoms. The molecule has 0 N–H and O–H groups in total. The lowest BCUT2D eigenvalue weighted by atomic mass is 10.1. The van der Waals surface area contributed by atoms with Gasteiger partial charge in [-0.2, -0.15) is 5.26 Å². The Bertz CT molecular complexity index is 500. The monoisotopic (exact) mass is 188 g/mol. The van der Waals surface area contributed by atoms with E-state index in [-0.39, 0.29) is 0 Å². The van der Waals surface area contributed by atoms with Crippen molar-refractivity contribution in [2.45, 2.75) is 0 Å². The molecule has 2 rings (SSSR count). The number of nitriles is 1. The summed E-state index contributed by atoms with van der Waals surface area (Å²) in [6.07, 6.45) is 1.62. The highest BCUT2D eigenvalue weighted by Gasteiger charge is 1.99. The number of aromatic nitrogens is 1. The number of nitrogens with zero attached hydrogens (tertiary/aromatic N) is 2. The molecular formula is C10H5ClN2. The molecule has 0 bridgehead atoms. The zero-order valence-corrected chi connectivity index (χ0v) is 7.42. The molecule has 0 radical (unpaired) electrons. The largest absolute Gasteiger partial charge is 0.245 e. The van der Waals surface area contributed by atoms with Gasteiger partial charge in [-0.05, 0) is 17.5 Å². The fourth-order valence-electron chi connectivity index (χ4n) is 1.20. The van der Waals surface area contributed by atoms with Crippen LogP contribution in [0, 0.1) is 11.3 Å². The molecule has 62 valence electrons. The maximum Gasteiger partial charge on any atom is 0.141 e. The van der Waals surface area contributed by atoms with Crippen molar-refractivity contribution in [1.29, 1.82) is 5.26 Å². The Morgan fingerprint density at radius 3 is 3.00 bits per heavy atom. The Hall–Kier alpha value is -1.59. The van der Waals surface area contributed by atoms with Crippen molar-refractivity contribution in [3.63, 3.8) is 0 Å². The highest BCUT2D eigenvalue weighted by atomic mass is 35.5. The van der Waals surface area contributed by atoms with E-state index in [0.717, 1.165) is 10.8 Å². The van der Waals surface area contributed by atoms with Crippen molar-refractivity contribution in [3.8, 4) is 6.07 Å². The standard InChI is InChI=1S/C10H5ClN2/c11-10-3-1-2-7-4-8(5-12)13-6-9(7)10/h1-4,6H. The Kier molecular flexibility index (Phi) is 1.88. The average molecular weight is 189 g/mol. The van der Waals surface area contributed by atoms with Gasteiger partial charge in [0.15, 0.2) is 0 Å². The van der Waals surface area contributed by atoms with Crippen molar-refractivity contribution < 1.29 is 0 Å². The van der Waals surface area contributed by atoms with Gasteiger partial charge >= 0.3 is 0 Å². The first-order chi connectivity index (χ1) is 6.31. The summed E-state index contributed by atoms with van der Waals surface area (Å²) in [5, 5.41) is 11.1. The van der Waals surface area contributed by atoms with Gasteiger partial charge in [-0.1, -0.05) is 23.7 Å². The average Bonchev–Trinajstić information content (AvgIpc) is 2.18. The van der Waals surface area contributed by atoms with Gasteiger partial charge in [0.1, 0.15) is 11.8 Å². The number of hydrogen-bond donors (Lipinski definition) is 0. The number of fused-ring (bicyclic) bond motifs is 1. The molecule has 0 saturated carbocycles. The molecule has 1 heterocycles. The predicted octanol–water partition coefficient (Wildman–Crippen LogP) is 2.76. The number of pyridine rings is 1. The van der Waals surface area contributed by atoms with Crippen molar-refractivity contribution in [2.24, 2.45) is 0 Å². The Morgan fingerprint density at radius 2 is 2.23 bits per heavy atom. The highest BCUT2D eigenvalue weighted by Crippen LogP contribution is 2.22. The first kappa shape index (κ1) is 8.03. The van der Waals surface area contributed by atoms with Crippen LogP contribution in [0.2, 0.25) is 5.02 Å². The van der Waals surface area contributed by atoms with Gasteiger partial charge in [0.2, 0.25) is 0 Å². The number of rotatable bonds is 0. The second kappa shape index (κ2) is 3.04. The number of halogens is 1. The molecule has 0 fully saturated rings. The van der Waals surface area contributed by atoms with Gasteiger partial charge in [-0.25, -0.2) is 4.98 Å². The molecule has 3 heteroatoms. The third-order valence-electron chi connectivity index (χ3n) is 1.83. The Morgan fingerprint density at radius 1 is 1.38 bits per heavy atom. The molecule has 2 aromatic rings. The van der Waals surface area contributed by atoms with Crippen LogP contribution in [-0.2, 0) is 0 Å². The lowest BCUT2D eigenvalue weighted by Crippen LogP contribution is -1.82. The minimum Gasteiger partial charge on any atom is -0.245 e. The van der Waals surface area contributed by atoms with Crippen molar-refractivity contribution in [3.05, 3.63) is 41.2 Å². The molecule has 0 atom stereocenters. The van der Waals surface area contributed by atoms with E-state index in [1.165, 1.54) is 0 Å². The summed E-state index contributed by atoms with van der Waals surface area (Å²) < 4.78 is 0. The first-order valence-corrected chi connectivity index (χ1v) is 4.13. The normalized spacial score (nSPS) is 9.85. The maximum atomic E-state index is 8.62. The fourth-order valence-corrected chi connectivity index (χ4v) is 1.43. The van der Waals surface area contributed by atoms with E-state index in [4.69, 9.17) is 16.9 Å². The van der Waals surface area contributed by atoms with E-state index in [2.05, 4.69) is 4.98 Å². The SMILES string of the molecule is N#Cc1cc2cccc(Cl)c2cn1. The van der Waals surface area contributed by atoms with Crippen LogP contribution in [0.25, 0.3) is 10.8 Å². The third-order valence-corrected chi connectivity index (χ3v) is 2.16. The van der Waals surface area contributed by atoms with Crippen molar-refractivity contribution >= 4 is 22.4 Å². The van der Waals surface area contributed by atoms with Crippen molar-refractivity contribution in [1.82, 2.24) is 4.98 Å². The van der Waals surface area contributed by atoms with E-state index < -0.39 is 0 Å². The second-order valence-electron chi connectivity index (χ2n) is 2.64. The van der Waals surface area contributed by atoms with Crippen LogP contribution in [0.1, 0.15) is 5.69 Å². The molecule has 0 aliphatic carbocycles. The maximum absolute atomic E-state index is 8.62. The zero-order valence-electron chi connectivity index (χ0n) is 6.66.